The summed E-state index contributed by atoms with van der Waals surface area (Å²) < 4.78 is 3.00. The number of nitriles is 1. The van der Waals surface area contributed by atoms with E-state index >= 15 is 0 Å². The second-order valence-corrected chi connectivity index (χ2v) is 5.51. The Kier molecular flexibility index (Phi) is 3.26. The van der Waals surface area contributed by atoms with Gasteiger partial charge in [0.05, 0.1) is 23.4 Å². The smallest absolute Gasteiger partial charge is 0.0992 e. The monoisotopic (exact) mass is 316 g/mol. The van der Waals surface area contributed by atoms with Crippen molar-refractivity contribution in [3.05, 3.63) is 46.7 Å². The van der Waals surface area contributed by atoms with Crippen molar-refractivity contribution in [3.8, 4) is 6.07 Å². The van der Waals surface area contributed by atoms with Gasteiger partial charge in [-0.3, -0.25) is 4.68 Å². The van der Waals surface area contributed by atoms with Crippen LogP contribution in [0.15, 0.2) is 41.1 Å². The molecule has 0 radical (unpaired) electrons. The molecule has 5 heteroatoms. The fraction of sp³-hybridized carbons (Fsp3) is 0.286. The number of anilines is 1. The van der Waals surface area contributed by atoms with E-state index in [1.54, 1.807) is 0 Å². The topological polar surface area (TPSA) is 44.9 Å². The van der Waals surface area contributed by atoms with Gasteiger partial charge in [0.2, 0.25) is 0 Å². The molecule has 2 aromatic rings. The molecule has 1 aromatic carbocycles. The normalized spacial score (nSPS) is 18.5. The Morgan fingerprint density at radius 3 is 3.00 bits per heavy atom. The van der Waals surface area contributed by atoms with E-state index in [4.69, 9.17) is 5.26 Å². The molecule has 1 aromatic heterocycles. The molecule has 96 valence electrons. The van der Waals surface area contributed by atoms with Gasteiger partial charge in [0.25, 0.3) is 0 Å². The Bertz CT molecular complexity index is 615. The van der Waals surface area contributed by atoms with Crippen molar-refractivity contribution in [2.24, 2.45) is 0 Å². The lowest BCUT2D eigenvalue weighted by Crippen LogP contribution is -2.21. The summed E-state index contributed by atoms with van der Waals surface area (Å²) in [5.41, 5.74) is 1.83. The van der Waals surface area contributed by atoms with Crippen LogP contribution in [0.3, 0.4) is 0 Å². The highest BCUT2D eigenvalue weighted by atomic mass is 79.9. The summed E-state index contributed by atoms with van der Waals surface area (Å²) in [6.45, 7) is 1.96. The molecule has 1 aliphatic rings. The number of benzene rings is 1. The molecule has 0 saturated carbocycles. The number of hydrogen-bond donors (Lipinski definition) is 0. The lowest BCUT2D eigenvalue weighted by atomic mass is 10.2. The van der Waals surface area contributed by atoms with Crippen molar-refractivity contribution < 1.29 is 0 Å². The molecular weight excluding hydrogens is 304 g/mol. The van der Waals surface area contributed by atoms with Gasteiger partial charge in [0.15, 0.2) is 0 Å². The van der Waals surface area contributed by atoms with Gasteiger partial charge < -0.3 is 4.90 Å². The van der Waals surface area contributed by atoms with E-state index in [1.807, 2.05) is 41.3 Å². The predicted octanol–water partition coefficient (Wildman–Crippen LogP) is 2.97. The summed E-state index contributed by atoms with van der Waals surface area (Å²) >= 11 is 3.55. The Balaban J connectivity index is 1.80. The summed E-state index contributed by atoms with van der Waals surface area (Å²) in [6.07, 6.45) is 4.93. The van der Waals surface area contributed by atoms with E-state index in [1.165, 1.54) is 0 Å². The quantitative estimate of drug-likeness (QED) is 0.855. The van der Waals surface area contributed by atoms with Crippen LogP contribution in [0.2, 0.25) is 0 Å². The Morgan fingerprint density at radius 1 is 1.42 bits per heavy atom. The largest absolute Gasteiger partial charge is 0.368 e. The Morgan fingerprint density at radius 2 is 2.32 bits per heavy atom. The van der Waals surface area contributed by atoms with Crippen LogP contribution in [-0.2, 0) is 0 Å². The minimum absolute atomic E-state index is 0.428. The van der Waals surface area contributed by atoms with Crippen LogP contribution in [0.25, 0.3) is 0 Å². The van der Waals surface area contributed by atoms with E-state index in [-0.39, 0.29) is 0 Å². The van der Waals surface area contributed by atoms with Crippen molar-refractivity contribution in [2.45, 2.75) is 12.5 Å². The fourth-order valence-corrected chi connectivity index (χ4v) is 3.14. The lowest BCUT2D eigenvalue weighted by Gasteiger charge is -2.20. The first-order chi connectivity index (χ1) is 9.28. The molecule has 19 heavy (non-hydrogen) atoms. The van der Waals surface area contributed by atoms with Gasteiger partial charge in [-0.2, -0.15) is 10.4 Å². The molecule has 0 N–H and O–H groups in total. The second-order valence-electron chi connectivity index (χ2n) is 4.65. The first-order valence-corrected chi connectivity index (χ1v) is 7.01. The number of halogens is 1. The zero-order valence-electron chi connectivity index (χ0n) is 10.3. The molecule has 0 bridgehead atoms. The van der Waals surface area contributed by atoms with E-state index in [9.17, 15) is 0 Å². The summed E-state index contributed by atoms with van der Waals surface area (Å²) in [6, 6.07) is 10.3. The molecule has 3 rings (SSSR count). The molecule has 1 atom stereocenters. The molecule has 0 aliphatic carbocycles. The van der Waals surface area contributed by atoms with Crippen LogP contribution >= 0.6 is 15.9 Å². The van der Waals surface area contributed by atoms with Crippen LogP contribution in [0.4, 0.5) is 5.69 Å². The van der Waals surface area contributed by atoms with Gasteiger partial charge in [0, 0.05) is 30.0 Å². The maximum atomic E-state index is 8.89. The predicted molar refractivity (Wildman–Crippen MR) is 77.0 cm³/mol. The molecule has 1 unspecified atom stereocenters. The number of nitrogens with zero attached hydrogens (tertiary/aromatic N) is 4. The fourth-order valence-electron chi connectivity index (χ4n) is 2.51. The standard InChI is InChI=1S/C14H13BrN4/c15-13-8-11(9-16)2-3-14(13)18-7-4-12(10-18)19-6-1-5-17-19/h1-3,5-6,8,12H,4,7,10H2. The lowest BCUT2D eigenvalue weighted by molar-refractivity contribution is 0.495. The Labute approximate surface area is 120 Å². The van der Waals surface area contributed by atoms with Crippen LogP contribution in [0.5, 0.6) is 0 Å². The van der Waals surface area contributed by atoms with Crippen molar-refractivity contribution in [2.75, 3.05) is 18.0 Å². The van der Waals surface area contributed by atoms with Crippen molar-refractivity contribution >= 4 is 21.6 Å². The minimum atomic E-state index is 0.428. The average Bonchev–Trinajstić information content (AvgIpc) is 3.09. The highest BCUT2D eigenvalue weighted by Crippen LogP contribution is 2.32. The van der Waals surface area contributed by atoms with Crippen LogP contribution in [0, 0.1) is 11.3 Å². The third-order valence-electron chi connectivity index (χ3n) is 3.48. The van der Waals surface area contributed by atoms with E-state index in [0.29, 0.717) is 11.6 Å². The van der Waals surface area contributed by atoms with Gasteiger partial charge in [-0.05, 0) is 46.6 Å². The summed E-state index contributed by atoms with van der Waals surface area (Å²) in [4.78, 5) is 2.33. The van der Waals surface area contributed by atoms with Crippen LogP contribution in [0.1, 0.15) is 18.0 Å². The first-order valence-electron chi connectivity index (χ1n) is 6.21. The number of hydrogen-bond acceptors (Lipinski definition) is 3. The molecule has 0 spiro atoms. The van der Waals surface area contributed by atoms with Crippen molar-refractivity contribution in [3.63, 3.8) is 0 Å². The van der Waals surface area contributed by atoms with E-state index < -0.39 is 0 Å². The highest BCUT2D eigenvalue weighted by molar-refractivity contribution is 9.10. The van der Waals surface area contributed by atoms with Gasteiger partial charge in [-0.1, -0.05) is 0 Å². The van der Waals surface area contributed by atoms with Crippen LogP contribution in [-0.4, -0.2) is 22.9 Å². The number of rotatable bonds is 2. The minimum Gasteiger partial charge on any atom is -0.368 e. The summed E-state index contributed by atoms with van der Waals surface area (Å²) in [5, 5.41) is 13.2. The average molecular weight is 317 g/mol. The number of aromatic nitrogens is 2. The van der Waals surface area contributed by atoms with Crippen LogP contribution < -0.4 is 4.90 Å². The van der Waals surface area contributed by atoms with Crippen molar-refractivity contribution in [1.82, 2.24) is 9.78 Å². The van der Waals surface area contributed by atoms with Gasteiger partial charge in [0.1, 0.15) is 0 Å². The Hall–Kier alpha value is -1.80. The molecule has 1 saturated heterocycles. The zero-order chi connectivity index (χ0) is 13.2. The molecule has 1 fully saturated rings. The maximum Gasteiger partial charge on any atom is 0.0992 e. The van der Waals surface area contributed by atoms with Gasteiger partial charge >= 0.3 is 0 Å². The maximum absolute atomic E-state index is 8.89. The first kappa shape index (κ1) is 12.2. The van der Waals surface area contributed by atoms with Crippen molar-refractivity contribution in [1.29, 1.82) is 5.26 Å². The van der Waals surface area contributed by atoms with Gasteiger partial charge in [-0.25, -0.2) is 0 Å². The summed E-state index contributed by atoms with van der Waals surface area (Å²) in [5.74, 6) is 0. The highest BCUT2D eigenvalue weighted by Gasteiger charge is 2.25. The third-order valence-corrected chi connectivity index (χ3v) is 4.11. The van der Waals surface area contributed by atoms with E-state index in [0.717, 1.165) is 29.7 Å². The molecule has 4 nitrogen and oxygen atoms in total. The second kappa shape index (κ2) is 5.06. The molecule has 1 aliphatic heterocycles. The molecule has 0 amide bonds. The summed E-state index contributed by atoms with van der Waals surface area (Å²) in [7, 11) is 0. The van der Waals surface area contributed by atoms with Gasteiger partial charge in [-0.15, -0.1) is 0 Å². The molecular formula is C14H13BrN4. The SMILES string of the molecule is N#Cc1ccc(N2CCC(n3cccn3)C2)c(Br)c1. The van der Waals surface area contributed by atoms with E-state index in [2.05, 4.69) is 32.0 Å². The third kappa shape index (κ3) is 2.36. The zero-order valence-corrected chi connectivity index (χ0v) is 11.9. The molecule has 2 heterocycles.